The first kappa shape index (κ1) is 49.8. The third kappa shape index (κ3) is 34.3. The van der Waals surface area contributed by atoms with Crippen LogP contribution in [0.1, 0.15) is 142 Å². The molecule has 8 heteroatoms. The van der Waals surface area contributed by atoms with Gasteiger partial charge in [0.1, 0.15) is 6.61 Å². The zero-order valence-corrected chi connectivity index (χ0v) is 34.2. The number of likely N-dealkylation sites (N-methyl/N-ethyl adjacent to an activating group) is 1. The molecule has 8 nitrogen and oxygen atoms in total. The third-order valence-corrected chi connectivity index (χ3v) is 8.59. The minimum Gasteiger partial charge on any atom is -0.477 e. The van der Waals surface area contributed by atoms with E-state index in [-0.39, 0.29) is 49.1 Å². The van der Waals surface area contributed by atoms with Gasteiger partial charge in [0.2, 0.25) is 0 Å². The molecule has 0 fully saturated rings. The van der Waals surface area contributed by atoms with Crippen LogP contribution in [0.15, 0.2) is 72.9 Å². The molecule has 302 valence electrons. The molecule has 0 aromatic carbocycles. The van der Waals surface area contributed by atoms with Gasteiger partial charge in [-0.25, -0.2) is 4.79 Å². The molecule has 0 aliphatic rings. The van der Waals surface area contributed by atoms with E-state index in [0.29, 0.717) is 19.3 Å². The molecule has 0 spiro atoms. The van der Waals surface area contributed by atoms with Crippen LogP contribution in [0.3, 0.4) is 0 Å². The van der Waals surface area contributed by atoms with Crippen molar-refractivity contribution >= 4 is 17.9 Å². The number of quaternary nitrogens is 1. The molecule has 0 radical (unpaired) electrons. The minimum atomic E-state index is -0.891. The molecule has 0 bridgehead atoms. The summed E-state index contributed by atoms with van der Waals surface area (Å²) in [5.41, 5.74) is 0. The molecular weight excluding hydrogens is 666 g/mol. The van der Waals surface area contributed by atoms with Gasteiger partial charge in [0, 0.05) is 19.3 Å². The van der Waals surface area contributed by atoms with Crippen LogP contribution in [0.2, 0.25) is 0 Å². The van der Waals surface area contributed by atoms with Crippen molar-refractivity contribution in [2.24, 2.45) is 0 Å². The quantitative estimate of drug-likeness (QED) is 0.0299. The lowest BCUT2D eigenvalue weighted by atomic mass is 10.1. The molecule has 0 aliphatic carbocycles. The number of ether oxygens (including phenoxy) is 3. The number of nitrogens with zero attached hydrogens (tertiary/aromatic N) is 1. The number of aliphatic carboxylic acids is 1. The van der Waals surface area contributed by atoms with Crippen molar-refractivity contribution in [3.05, 3.63) is 72.9 Å². The van der Waals surface area contributed by atoms with Crippen LogP contribution in [-0.4, -0.2) is 80.6 Å². The van der Waals surface area contributed by atoms with Gasteiger partial charge < -0.3 is 23.8 Å². The summed E-state index contributed by atoms with van der Waals surface area (Å²) in [4.78, 5) is 36.8. The first-order valence-electron chi connectivity index (χ1n) is 20.5. The summed E-state index contributed by atoms with van der Waals surface area (Å²) in [7, 11) is 5.48. The minimum absolute atomic E-state index is 0.0260. The second kappa shape index (κ2) is 35.8. The van der Waals surface area contributed by atoms with Crippen LogP contribution in [0.25, 0.3) is 0 Å². The van der Waals surface area contributed by atoms with Gasteiger partial charge in [-0.1, -0.05) is 119 Å². The van der Waals surface area contributed by atoms with Crippen molar-refractivity contribution in [2.45, 2.75) is 154 Å². The zero-order valence-electron chi connectivity index (χ0n) is 34.2. The number of hydrogen-bond acceptors (Lipinski definition) is 6. The summed E-state index contributed by atoms with van der Waals surface area (Å²) in [5, 5.41) is 9.59. The molecule has 0 heterocycles. The number of unbranched alkanes of at least 4 members (excludes halogenated alkanes) is 9. The Morgan fingerprint density at radius 2 is 1.08 bits per heavy atom. The monoisotopic (exact) mass is 743 g/mol. The number of carbonyl (C=O) groups excluding carboxylic acids is 2. The Labute approximate surface area is 323 Å². The van der Waals surface area contributed by atoms with E-state index < -0.39 is 18.1 Å². The maximum atomic E-state index is 12.6. The van der Waals surface area contributed by atoms with E-state index >= 15 is 0 Å². The van der Waals surface area contributed by atoms with Gasteiger partial charge in [0.15, 0.2) is 12.1 Å². The molecule has 1 N–H and O–H groups in total. The highest BCUT2D eigenvalue weighted by Gasteiger charge is 2.31. The van der Waals surface area contributed by atoms with E-state index in [2.05, 4.69) is 86.8 Å². The predicted molar refractivity (Wildman–Crippen MR) is 220 cm³/mol. The molecule has 0 rings (SSSR count). The van der Waals surface area contributed by atoms with E-state index in [1.54, 1.807) is 0 Å². The highest BCUT2D eigenvalue weighted by Crippen LogP contribution is 2.11. The average molecular weight is 743 g/mol. The van der Waals surface area contributed by atoms with E-state index in [1.807, 2.05) is 21.1 Å². The Morgan fingerprint density at radius 1 is 0.585 bits per heavy atom. The summed E-state index contributed by atoms with van der Waals surface area (Å²) in [6.45, 7) is 4.49. The number of allylic oxidation sites excluding steroid dienone is 12. The molecule has 0 saturated heterocycles. The summed E-state index contributed by atoms with van der Waals surface area (Å²) in [6, 6.07) is -0.631. The lowest BCUT2D eigenvalue weighted by molar-refractivity contribution is -0.887. The van der Waals surface area contributed by atoms with Crippen LogP contribution < -0.4 is 0 Å². The summed E-state index contributed by atoms with van der Waals surface area (Å²) >= 11 is 0. The van der Waals surface area contributed by atoms with Gasteiger partial charge in [0.25, 0.3) is 0 Å². The summed E-state index contributed by atoms with van der Waals surface area (Å²) in [5.74, 6) is -1.60. The maximum Gasteiger partial charge on any atom is 0.362 e. The lowest BCUT2D eigenvalue weighted by Gasteiger charge is -2.31. The fourth-order valence-electron chi connectivity index (χ4n) is 5.41. The lowest BCUT2D eigenvalue weighted by Crippen LogP contribution is -2.50. The predicted octanol–water partition coefficient (Wildman–Crippen LogP) is 10.8. The van der Waals surface area contributed by atoms with Crippen molar-refractivity contribution in [1.29, 1.82) is 0 Å². The summed E-state index contributed by atoms with van der Waals surface area (Å²) < 4.78 is 17.1. The number of esters is 2. The van der Waals surface area contributed by atoms with Crippen molar-refractivity contribution in [3.8, 4) is 0 Å². The Kier molecular flexibility index (Phi) is 33.6. The number of carboxylic acids is 1. The van der Waals surface area contributed by atoms with E-state index in [9.17, 15) is 19.5 Å². The topological polar surface area (TPSA) is 99.1 Å². The second-order valence-corrected chi connectivity index (χ2v) is 14.5. The van der Waals surface area contributed by atoms with Crippen LogP contribution >= 0.6 is 0 Å². The van der Waals surface area contributed by atoms with Gasteiger partial charge in [0.05, 0.1) is 34.4 Å². The highest BCUT2D eigenvalue weighted by atomic mass is 16.6. The SMILES string of the molecule is CC/C=C/C/C=C/C/C=C/CCCCC(=O)OC(COCCC(C(=O)O)[N+](C)(C)C)COC(=O)CCC/C=C/C/C=C/C/C=C/CCCCCCCC. The first-order valence-corrected chi connectivity index (χ1v) is 20.5. The van der Waals surface area contributed by atoms with Gasteiger partial charge in [-0.3, -0.25) is 9.59 Å². The van der Waals surface area contributed by atoms with Crippen LogP contribution in [0.4, 0.5) is 0 Å². The molecule has 0 amide bonds. The largest absolute Gasteiger partial charge is 0.477 e. The smallest absolute Gasteiger partial charge is 0.362 e. The highest BCUT2D eigenvalue weighted by molar-refractivity contribution is 5.72. The fourth-order valence-corrected chi connectivity index (χ4v) is 5.41. The van der Waals surface area contributed by atoms with Crippen LogP contribution in [-0.2, 0) is 28.6 Å². The maximum absolute atomic E-state index is 12.6. The Bertz CT molecular complexity index is 1100. The number of rotatable bonds is 35. The van der Waals surface area contributed by atoms with Gasteiger partial charge >= 0.3 is 17.9 Å². The molecule has 0 aromatic rings. The van der Waals surface area contributed by atoms with Crippen molar-refractivity contribution < 1.29 is 38.2 Å². The zero-order chi connectivity index (χ0) is 39.3. The van der Waals surface area contributed by atoms with Crippen molar-refractivity contribution in [1.82, 2.24) is 0 Å². The van der Waals surface area contributed by atoms with Crippen LogP contribution in [0, 0.1) is 0 Å². The van der Waals surface area contributed by atoms with E-state index in [4.69, 9.17) is 14.2 Å². The van der Waals surface area contributed by atoms with E-state index in [1.165, 1.54) is 44.9 Å². The van der Waals surface area contributed by atoms with Crippen molar-refractivity contribution in [2.75, 3.05) is 41.0 Å². The van der Waals surface area contributed by atoms with Gasteiger partial charge in [-0.2, -0.15) is 0 Å². The van der Waals surface area contributed by atoms with Gasteiger partial charge in [-0.05, 0) is 77.0 Å². The van der Waals surface area contributed by atoms with E-state index in [0.717, 1.165) is 51.4 Å². The molecule has 0 saturated carbocycles. The number of carboxylic acid groups (broad SMARTS) is 1. The van der Waals surface area contributed by atoms with Crippen molar-refractivity contribution in [3.63, 3.8) is 0 Å². The van der Waals surface area contributed by atoms with Crippen LogP contribution in [0.5, 0.6) is 0 Å². The Hall–Kier alpha value is -3.23. The average Bonchev–Trinajstić information content (AvgIpc) is 3.11. The Morgan fingerprint density at radius 3 is 1.62 bits per heavy atom. The molecule has 0 aliphatic heterocycles. The first-order chi connectivity index (χ1) is 25.6. The molecule has 2 unspecified atom stereocenters. The van der Waals surface area contributed by atoms with Gasteiger partial charge in [-0.15, -0.1) is 0 Å². The second-order valence-electron chi connectivity index (χ2n) is 14.5. The molecule has 53 heavy (non-hydrogen) atoms. The summed E-state index contributed by atoms with van der Waals surface area (Å²) in [6.07, 6.45) is 43.9. The normalized spacial score (nSPS) is 13.8. The third-order valence-electron chi connectivity index (χ3n) is 8.59. The standard InChI is InChI=1S/C45H75NO7/c1-6-8-10-12-14-16-18-20-21-22-23-24-26-27-29-31-33-35-43(47)52-40-41(39-51-38-37-42(45(49)50)46(3,4)5)53-44(48)36-34-32-30-28-25-19-17-15-13-11-9-7-2/h9,11,15,17,20-21,23-25,27-29,41-42H,6-8,10,12-14,16,18-19,22,26,30-40H2,1-5H3/p+1/b11-9+,17-15+,21-20+,24-23+,28-25+,29-27+. The fraction of sp³-hybridized carbons (Fsp3) is 0.667. The molecular formula is C45H76NO7+. The Balaban J connectivity index is 4.52. The molecule has 0 aromatic heterocycles. The number of carbonyl (C=O) groups is 3. The molecule has 2 atom stereocenters. The number of hydrogen-bond donors (Lipinski definition) is 1.